The Morgan fingerprint density at radius 2 is 1.60 bits per heavy atom. The third kappa shape index (κ3) is 8.67. The highest BCUT2D eigenvalue weighted by Gasteiger charge is 2.26. The highest BCUT2D eigenvalue weighted by atomic mass is 32.2. The second-order valence-electron chi connectivity index (χ2n) is 8.26. The van der Waals surface area contributed by atoms with Gasteiger partial charge in [0.15, 0.2) is 9.84 Å². The molecule has 3 aromatic rings. The van der Waals surface area contributed by atoms with Gasteiger partial charge in [0.2, 0.25) is 0 Å². The lowest BCUT2D eigenvalue weighted by atomic mass is 9.85. The zero-order chi connectivity index (χ0) is 25.1. The zero-order valence-electron chi connectivity index (χ0n) is 20.1. The van der Waals surface area contributed by atoms with Crippen molar-refractivity contribution in [1.82, 2.24) is 5.23 Å². The van der Waals surface area contributed by atoms with Crippen molar-refractivity contribution < 1.29 is 22.9 Å². The van der Waals surface area contributed by atoms with E-state index in [-0.39, 0.29) is 17.1 Å². The Bertz CT molecular complexity index is 1150. The van der Waals surface area contributed by atoms with Crippen molar-refractivity contribution in [3.8, 4) is 5.75 Å². The average Bonchev–Trinajstić information content (AvgIpc) is 2.88. The summed E-state index contributed by atoms with van der Waals surface area (Å²) in [5, 5.41) is 13.2. The van der Waals surface area contributed by atoms with Crippen LogP contribution in [0, 0.1) is 0 Å². The van der Waals surface area contributed by atoms with Gasteiger partial charge in [-0.05, 0) is 48.6 Å². The summed E-state index contributed by atoms with van der Waals surface area (Å²) in [5.74, 6) is 0.678. The van der Waals surface area contributed by atoms with Crippen LogP contribution in [0.3, 0.4) is 0 Å². The Kier molecular flexibility index (Phi) is 10.1. The average molecular weight is 493 g/mol. The molecule has 0 spiro atoms. The standard InChI is InChI=1S/C27H32BNO5S/c1-28(30)29-26(19-20-35(31,32)25-11-7-4-8-12-25)27(18-15-22-9-5-3-6-10-22)34-21-23-13-16-24(33-2)17-14-23/h3-18,26-27,29-30H,19-21H2,1-2H3/t26-,27-/m0/s1. The highest BCUT2D eigenvalue weighted by molar-refractivity contribution is 7.91. The molecule has 0 aromatic heterocycles. The van der Waals surface area contributed by atoms with Crippen molar-refractivity contribution in [2.45, 2.75) is 36.9 Å². The van der Waals surface area contributed by atoms with E-state index in [1.807, 2.05) is 66.7 Å². The molecule has 6 nitrogen and oxygen atoms in total. The van der Waals surface area contributed by atoms with Gasteiger partial charge in [0, 0.05) is 6.04 Å². The van der Waals surface area contributed by atoms with E-state index in [9.17, 15) is 13.4 Å². The van der Waals surface area contributed by atoms with Gasteiger partial charge >= 0.3 is 7.05 Å². The number of hydrogen-bond donors (Lipinski definition) is 2. The molecule has 0 amide bonds. The third-order valence-corrected chi connectivity index (χ3v) is 7.29. The van der Waals surface area contributed by atoms with E-state index in [2.05, 4.69) is 5.23 Å². The van der Waals surface area contributed by atoms with E-state index in [0.29, 0.717) is 6.61 Å². The Hall–Kier alpha value is -2.91. The van der Waals surface area contributed by atoms with E-state index in [1.165, 1.54) is 0 Å². The number of nitrogens with one attached hydrogen (secondary N) is 1. The summed E-state index contributed by atoms with van der Waals surface area (Å²) < 4.78 is 37.3. The Morgan fingerprint density at radius 1 is 0.971 bits per heavy atom. The third-order valence-electron chi connectivity index (χ3n) is 5.53. The fourth-order valence-corrected chi connectivity index (χ4v) is 5.04. The van der Waals surface area contributed by atoms with Crippen LogP contribution < -0.4 is 9.96 Å². The van der Waals surface area contributed by atoms with Gasteiger partial charge in [0.1, 0.15) is 5.75 Å². The first kappa shape index (κ1) is 26.7. The second kappa shape index (κ2) is 13.3. The van der Waals surface area contributed by atoms with Crippen molar-refractivity contribution in [3.05, 3.63) is 102 Å². The molecule has 8 heteroatoms. The minimum absolute atomic E-state index is 0.0804. The molecule has 0 radical (unpaired) electrons. The maximum Gasteiger partial charge on any atom is 0.373 e. The molecule has 0 bridgehead atoms. The molecule has 0 saturated heterocycles. The highest BCUT2D eigenvalue weighted by Crippen LogP contribution is 2.18. The topological polar surface area (TPSA) is 84.9 Å². The maximum absolute atomic E-state index is 12.9. The number of ether oxygens (including phenoxy) is 2. The van der Waals surface area contributed by atoms with E-state index in [1.54, 1.807) is 44.3 Å². The van der Waals surface area contributed by atoms with Crippen molar-refractivity contribution in [3.63, 3.8) is 0 Å². The van der Waals surface area contributed by atoms with Crippen LogP contribution >= 0.6 is 0 Å². The summed E-state index contributed by atoms with van der Waals surface area (Å²) in [4.78, 5) is 0.284. The van der Waals surface area contributed by atoms with Crippen LogP contribution in [0.2, 0.25) is 6.82 Å². The quantitative estimate of drug-likeness (QED) is 0.347. The number of hydrogen-bond acceptors (Lipinski definition) is 6. The van der Waals surface area contributed by atoms with Crippen molar-refractivity contribution in [1.29, 1.82) is 0 Å². The molecule has 2 N–H and O–H groups in total. The summed E-state index contributed by atoms with van der Waals surface area (Å²) in [7, 11) is -2.70. The molecule has 3 aromatic carbocycles. The zero-order valence-corrected chi connectivity index (χ0v) is 20.9. The molecule has 0 unspecified atom stereocenters. The van der Waals surface area contributed by atoms with Gasteiger partial charge in [-0.1, -0.05) is 72.8 Å². The molecule has 0 aliphatic heterocycles. The molecular weight excluding hydrogens is 461 g/mol. The summed E-state index contributed by atoms with van der Waals surface area (Å²) in [6.07, 6.45) is 3.63. The number of sulfone groups is 1. The molecule has 184 valence electrons. The van der Waals surface area contributed by atoms with Crippen LogP contribution in [-0.4, -0.2) is 45.5 Å². The van der Waals surface area contributed by atoms with Crippen LogP contribution in [0.25, 0.3) is 6.08 Å². The van der Waals surface area contributed by atoms with E-state index < -0.39 is 29.0 Å². The first-order valence-electron chi connectivity index (χ1n) is 11.6. The van der Waals surface area contributed by atoms with Gasteiger partial charge in [-0.25, -0.2) is 8.42 Å². The summed E-state index contributed by atoms with van der Waals surface area (Å²) in [5.41, 5.74) is 1.95. The van der Waals surface area contributed by atoms with E-state index >= 15 is 0 Å². The Labute approximate surface area is 208 Å². The summed E-state index contributed by atoms with van der Waals surface area (Å²) >= 11 is 0. The lowest BCUT2D eigenvalue weighted by Crippen LogP contribution is -2.48. The molecular formula is C27H32BNO5S. The SMILES string of the molecule is COc1ccc(CO[C@@H](C=Cc2ccccc2)[C@H](CCS(=O)(=O)c2ccccc2)NB(C)O)cc1. The molecule has 0 heterocycles. The number of benzene rings is 3. The molecule has 2 atom stereocenters. The van der Waals surface area contributed by atoms with Crippen LogP contribution in [0.5, 0.6) is 5.75 Å². The van der Waals surface area contributed by atoms with Crippen LogP contribution in [0.4, 0.5) is 0 Å². The van der Waals surface area contributed by atoms with Gasteiger partial charge in [-0.15, -0.1) is 0 Å². The molecule has 0 fully saturated rings. The molecule has 3 rings (SSSR count). The lowest BCUT2D eigenvalue weighted by molar-refractivity contribution is 0.0499. The van der Waals surface area contributed by atoms with Crippen molar-refractivity contribution >= 4 is 23.0 Å². The molecule has 0 saturated carbocycles. The van der Waals surface area contributed by atoms with Crippen LogP contribution in [0.1, 0.15) is 17.5 Å². The number of methoxy groups -OCH3 is 1. The first-order valence-corrected chi connectivity index (χ1v) is 13.2. The maximum atomic E-state index is 12.9. The number of rotatable bonds is 13. The van der Waals surface area contributed by atoms with Gasteiger partial charge < -0.3 is 19.7 Å². The molecule has 0 aliphatic carbocycles. The van der Waals surface area contributed by atoms with Gasteiger partial charge in [0.25, 0.3) is 0 Å². The molecule has 35 heavy (non-hydrogen) atoms. The fraction of sp³-hybridized carbons (Fsp3) is 0.259. The van der Waals surface area contributed by atoms with Crippen LogP contribution in [-0.2, 0) is 21.2 Å². The van der Waals surface area contributed by atoms with Gasteiger partial charge in [-0.2, -0.15) is 0 Å². The minimum atomic E-state index is -3.48. The Morgan fingerprint density at radius 3 is 2.20 bits per heavy atom. The van der Waals surface area contributed by atoms with Gasteiger partial charge in [0.05, 0.1) is 30.5 Å². The summed E-state index contributed by atoms with van der Waals surface area (Å²) in [6, 6.07) is 25.3. The normalized spacial score (nSPS) is 13.5. The van der Waals surface area contributed by atoms with E-state index in [0.717, 1.165) is 16.9 Å². The minimum Gasteiger partial charge on any atom is -0.497 e. The largest absolute Gasteiger partial charge is 0.497 e. The lowest BCUT2D eigenvalue weighted by Gasteiger charge is -2.27. The monoisotopic (exact) mass is 493 g/mol. The van der Waals surface area contributed by atoms with Crippen molar-refractivity contribution in [2.24, 2.45) is 0 Å². The fourth-order valence-electron chi connectivity index (χ4n) is 3.67. The summed E-state index contributed by atoms with van der Waals surface area (Å²) in [6.45, 7) is 1.93. The predicted octanol–water partition coefficient (Wildman–Crippen LogP) is 4.23. The molecule has 0 aliphatic rings. The van der Waals surface area contributed by atoms with Crippen molar-refractivity contribution in [2.75, 3.05) is 12.9 Å². The predicted molar refractivity (Wildman–Crippen MR) is 141 cm³/mol. The van der Waals surface area contributed by atoms with Gasteiger partial charge in [-0.3, -0.25) is 0 Å². The smallest absolute Gasteiger partial charge is 0.373 e. The van der Waals surface area contributed by atoms with E-state index in [4.69, 9.17) is 9.47 Å². The first-order chi connectivity index (χ1) is 16.9. The Balaban J connectivity index is 1.80. The second-order valence-corrected chi connectivity index (χ2v) is 10.4. The van der Waals surface area contributed by atoms with Crippen LogP contribution in [0.15, 0.2) is 95.9 Å².